The van der Waals surface area contributed by atoms with Crippen LogP contribution in [0.2, 0.25) is 0 Å². The Labute approximate surface area is 131 Å². The van der Waals surface area contributed by atoms with Crippen LogP contribution >= 0.6 is 0 Å². The first-order chi connectivity index (χ1) is 10.8. The Bertz CT molecular complexity index is 692. The fraction of sp³-hybridized carbons (Fsp3) is 0.316. The highest BCUT2D eigenvalue weighted by Gasteiger charge is 2.12. The molecule has 0 aromatic heterocycles. The SMILES string of the molecule is CCOc1cccc(C=Nc2cccc3c2CCCC3)c1O. The topological polar surface area (TPSA) is 41.8 Å². The predicted molar refractivity (Wildman–Crippen MR) is 89.6 cm³/mol. The molecule has 0 fully saturated rings. The minimum absolute atomic E-state index is 0.151. The highest BCUT2D eigenvalue weighted by atomic mass is 16.5. The molecule has 1 aliphatic carbocycles. The van der Waals surface area contributed by atoms with E-state index in [0.717, 1.165) is 18.5 Å². The summed E-state index contributed by atoms with van der Waals surface area (Å²) >= 11 is 0. The van der Waals surface area contributed by atoms with Crippen LogP contribution in [0.5, 0.6) is 11.5 Å². The lowest BCUT2D eigenvalue weighted by Gasteiger charge is -2.17. The Morgan fingerprint density at radius 3 is 2.82 bits per heavy atom. The van der Waals surface area contributed by atoms with Gasteiger partial charge in [-0.15, -0.1) is 0 Å². The number of aryl methyl sites for hydroxylation is 1. The first kappa shape index (κ1) is 14.6. The van der Waals surface area contributed by atoms with Crippen molar-refractivity contribution in [2.75, 3.05) is 6.61 Å². The van der Waals surface area contributed by atoms with E-state index in [4.69, 9.17) is 4.74 Å². The molecule has 0 atom stereocenters. The van der Waals surface area contributed by atoms with Gasteiger partial charge >= 0.3 is 0 Å². The summed E-state index contributed by atoms with van der Waals surface area (Å²) in [4.78, 5) is 4.61. The van der Waals surface area contributed by atoms with Gasteiger partial charge in [-0.05, 0) is 61.9 Å². The summed E-state index contributed by atoms with van der Waals surface area (Å²) in [6, 6.07) is 11.8. The average molecular weight is 295 g/mol. The lowest BCUT2D eigenvalue weighted by Crippen LogP contribution is -2.02. The van der Waals surface area contributed by atoms with Gasteiger partial charge in [0.1, 0.15) is 0 Å². The molecule has 1 aliphatic rings. The van der Waals surface area contributed by atoms with Crippen molar-refractivity contribution >= 4 is 11.9 Å². The van der Waals surface area contributed by atoms with E-state index >= 15 is 0 Å². The Morgan fingerprint density at radius 2 is 1.95 bits per heavy atom. The number of para-hydroxylation sites is 1. The number of hydrogen-bond donors (Lipinski definition) is 1. The highest BCUT2D eigenvalue weighted by Crippen LogP contribution is 2.31. The molecule has 0 saturated carbocycles. The number of nitrogens with zero attached hydrogens (tertiary/aromatic N) is 1. The molecule has 1 N–H and O–H groups in total. The van der Waals surface area contributed by atoms with Gasteiger partial charge in [0, 0.05) is 11.8 Å². The molecule has 3 nitrogen and oxygen atoms in total. The zero-order chi connectivity index (χ0) is 15.4. The van der Waals surface area contributed by atoms with Crippen molar-refractivity contribution in [2.45, 2.75) is 32.6 Å². The molecule has 3 heteroatoms. The molecule has 22 heavy (non-hydrogen) atoms. The molecule has 2 aromatic rings. The number of phenols is 1. The molecule has 0 unspecified atom stereocenters. The zero-order valence-corrected chi connectivity index (χ0v) is 12.9. The van der Waals surface area contributed by atoms with Gasteiger partial charge in [0.05, 0.1) is 12.3 Å². The summed E-state index contributed by atoms with van der Waals surface area (Å²) < 4.78 is 5.41. The summed E-state index contributed by atoms with van der Waals surface area (Å²) in [5.74, 6) is 0.652. The predicted octanol–water partition coefficient (Wildman–Crippen LogP) is 4.42. The van der Waals surface area contributed by atoms with Crippen molar-refractivity contribution in [3.05, 3.63) is 53.1 Å². The summed E-state index contributed by atoms with van der Waals surface area (Å²) in [7, 11) is 0. The standard InChI is InChI=1S/C19H21NO2/c1-2-22-18-12-6-9-15(19(18)21)13-20-17-11-5-8-14-7-3-4-10-16(14)17/h5-6,8-9,11-13,21H,2-4,7,10H2,1H3. The van der Waals surface area contributed by atoms with Crippen LogP contribution in [0.15, 0.2) is 41.4 Å². The molecule has 0 heterocycles. The van der Waals surface area contributed by atoms with E-state index in [9.17, 15) is 5.11 Å². The van der Waals surface area contributed by atoms with Crippen molar-refractivity contribution in [1.82, 2.24) is 0 Å². The van der Waals surface area contributed by atoms with Gasteiger partial charge in [0.25, 0.3) is 0 Å². The molecule has 3 rings (SSSR count). The smallest absolute Gasteiger partial charge is 0.166 e. The number of aromatic hydroxyl groups is 1. The van der Waals surface area contributed by atoms with Crippen LogP contribution in [0.4, 0.5) is 5.69 Å². The van der Waals surface area contributed by atoms with Gasteiger partial charge in [-0.25, -0.2) is 0 Å². The quantitative estimate of drug-likeness (QED) is 0.848. The summed E-state index contributed by atoms with van der Waals surface area (Å²) in [5.41, 5.74) is 4.46. The van der Waals surface area contributed by atoms with Crippen LogP contribution in [-0.4, -0.2) is 17.9 Å². The van der Waals surface area contributed by atoms with E-state index in [0.29, 0.717) is 17.9 Å². The van der Waals surface area contributed by atoms with E-state index in [2.05, 4.69) is 17.1 Å². The summed E-state index contributed by atoms with van der Waals surface area (Å²) in [6.45, 7) is 2.43. The lowest BCUT2D eigenvalue weighted by atomic mass is 9.90. The lowest BCUT2D eigenvalue weighted by molar-refractivity contribution is 0.318. The zero-order valence-electron chi connectivity index (χ0n) is 12.9. The number of phenolic OH excluding ortho intramolecular Hbond substituents is 1. The normalized spacial score (nSPS) is 14.0. The van der Waals surface area contributed by atoms with Gasteiger partial charge < -0.3 is 9.84 Å². The number of benzene rings is 2. The number of rotatable bonds is 4. The van der Waals surface area contributed by atoms with E-state index in [-0.39, 0.29) is 5.75 Å². The van der Waals surface area contributed by atoms with E-state index in [1.165, 1.54) is 24.0 Å². The summed E-state index contributed by atoms with van der Waals surface area (Å²) in [6.07, 6.45) is 6.45. The van der Waals surface area contributed by atoms with Gasteiger partial charge in [0.2, 0.25) is 0 Å². The number of fused-ring (bicyclic) bond motifs is 1. The maximum Gasteiger partial charge on any atom is 0.166 e. The number of ether oxygens (including phenoxy) is 1. The third-order valence-corrected chi connectivity index (χ3v) is 4.04. The molecular formula is C19H21NO2. The maximum atomic E-state index is 10.2. The van der Waals surface area contributed by atoms with Gasteiger partial charge in [-0.3, -0.25) is 4.99 Å². The second kappa shape index (κ2) is 6.65. The van der Waals surface area contributed by atoms with E-state index < -0.39 is 0 Å². The largest absolute Gasteiger partial charge is 0.504 e. The molecule has 2 aromatic carbocycles. The van der Waals surface area contributed by atoms with Gasteiger partial charge in [-0.1, -0.05) is 18.2 Å². The Balaban J connectivity index is 1.90. The maximum absolute atomic E-state index is 10.2. The fourth-order valence-electron chi connectivity index (χ4n) is 2.94. The van der Waals surface area contributed by atoms with Crippen LogP contribution in [0.3, 0.4) is 0 Å². The van der Waals surface area contributed by atoms with Crippen LogP contribution in [0, 0.1) is 0 Å². The number of hydrogen-bond acceptors (Lipinski definition) is 3. The van der Waals surface area contributed by atoms with Crippen molar-refractivity contribution in [3.63, 3.8) is 0 Å². The van der Waals surface area contributed by atoms with Gasteiger partial charge in [0.15, 0.2) is 11.5 Å². The minimum atomic E-state index is 0.151. The van der Waals surface area contributed by atoms with Crippen molar-refractivity contribution in [1.29, 1.82) is 0 Å². The summed E-state index contributed by atoms with van der Waals surface area (Å²) in [5, 5.41) is 10.2. The van der Waals surface area contributed by atoms with Crippen LogP contribution in [-0.2, 0) is 12.8 Å². The third-order valence-electron chi connectivity index (χ3n) is 4.04. The average Bonchev–Trinajstić information content (AvgIpc) is 2.56. The van der Waals surface area contributed by atoms with E-state index in [1.54, 1.807) is 12.3 Å². The molecule has 0 aliphatic heterocycles. The Morgan fingerprint density at radius 1 is 1.14 bits per heavy atom. The Kier molecular flexibility index (Phi) is 4.42. The monoisotopic (exact) mass is 295 g/mol. The Hall–Kier alpha value is -2.29. The van der Waals surface area contributed by atoms with Gasteiger partial charge in [-0.2, -0.15) is 0 Å². The van der Waals surface area contributed by atoms with Crippen LogP contribution in [0.1, 0.15) is 36.5 Å². The highest BCUT2D eigenvalue weighted by molar-refractivity contribution is 5.87. The van der Waals surface area contributed by atoms with Crippen molar-refractivity contribution in [3.8, 4) is 11.5 Å². The molecule has 0 spiro atoms. The second-order valence-electron chi connectivity index (χ2n) is 5.51. The fourth-order valence-corrected chi connectivity index (χ4v) is 2.94. The van der Waals surface area contributed by atoms with E-state index in [1.807, 2.05) is 25.1 Å². The second-order valence-corrected chi connectivity index (χ2v) is 5.51. The molecular weight excluding hydrogens is 274 g/mol. The van der Waals surface area contributed by atoms with Crippen molar-refractivity contribution < 1.29 is 9.84 Å². The first-order valence-corrected chi connectivity index (χ1v) is 7.89. The molecule has 0 saturated heterocycles. The molecule has 114 valence electrons. The van der Waals surface area contributed by atoms with Crippen LogP contribution < -0.4 is 4.74 Å². The van der Waals surface area contributed by atoms with Crippen LogP contribution in [0.25, 0.3) is 0 Å². The molecule has 0 bridgehead atoms. The minimum Gasteiger partial charge on any atom is -0.504 e. The third kappa shape index (κ3) is 2.98. The van der Waals surface area contributed by atoms with Crippen molar-refractivity contribution in [2.24, 2.45) is 4.99 Å². The first-order valence-electron chi connectivity index (χ1n) is 7.89. The number of aliphatic imine (C=N–C) groups is 1. The molecule has 0 radical (unpaired) electrons. The molecule has 0 amide bonds.